The lowest BCUT2D eigenvalue weighted by molar-refractivity contribution is -0.113. The van der Waals surface area contributed by atoms with E-state index in [1.54, 1.807) is 38.1 Å². The fourth-order valence-corrected chi connectivity index (χ4v) is 1.51. The van der Waals surface area contributed by atoms with Crippen molar-refractivity contribution in [2.45, 2.75) is 13.8 Å². The first-order chi connectivity index (χ1) is 6.61. The van der Waals surface area contributed by atoms with Crippen molar-refractivity contribution in [3.05, 3.63) is 35.9 Å². The highest BCUT2D eigenvalue weighted by Gasteiger charge is 2.14. The SMILES string of the molecule is CC(C)C(=O)SC(=O)c1ccccc1. The van der Waals surface area contributed by atoms with E-state index in [1.807, 2.05) is 6.07 Å². The Morgan fingerprint density at radius 2 is 1.71 bits per heavy atom. The lowest BCUT2D eigenvalue weighted by Crippen LogP contribution is -2.06. The van der Waals surface area contributed by atoms with Crippen LogP contribution in [0.2, 0.25) is 0 Å². The van der Waals surface area contributed by atoms with Gasteiger partial charge >= 0.3 is 0 Å². The van der Waals surface area contributed by atoms with Gasteiger partial charge in [-0.2, -0.15) is 0 Å². The molecule has 2 nitrogen and oxygen atoms in total. The lowest BCUT2D eigenvalue weighted by atomic mass is 10.2. The Hall–Kier alpha value is -1.09. The van der Waals surface area contributed by atoms with Gasteiger partial charge < -0.3 is 0 Å². The number of carbonyl (C=O) groups excluding carboxylic acids is 2. The molecule has 3 heteroatoms. The summed E-state index contributed by atoms with van der Waals surface area (Å²) in [6.45, 7) is 3.57. The fourth-order valence-electron chi connectivity index (χ4n) is 0.842. The molecule has 1 rings (SSSR count). The van der Waals surface area contributed by atoms with E-state index in [0.717, 1.165) is 11.8 Å². The average molecular weight is 208 g/mol. The molecule has 0 aromatic heterocycles. The molecule has 0 saturated heterocycles. The molecule has 14 heavy (non-hydrogen) atoms. The monoisotopic (exact) mass is 208 g/mol. The summed E-state index contributed by atoms with van der Waals surface area (Å²) in [6.07, 6.45) is 0. The Morgan fingerprint density at radius 1 is 1.14 bits per heavy atom. The molecule has 0 bridgehead atoms. The largest absolute Gasteiger partial charge is 0.286 e. The Morgan fingerprint density at radius 3 is 2.21 bits per heavy atom. The molecule has 0 N–H and O–H groups in total. The molecule has 0 atom stereocenters. The van der Waals surface area contributed by atoms with E-state index in [0.29, 0.717) is 5.56 Å². The molecule has 0 radical (unpaired) electrons. The van der Waals surface area contributed by atoms with Crippen LogP contribution in [0.1, 0.15) is 24.2 Å². The Labute approximate surface area is 87.7 Å². The van der Waals surface area contributed by atoms with Gasteiger partial charge in [0.2, 0.25) is 5.12 Å². The van der Waals surface area contributed by atoms with Crippen molar-refractivity contribution in [3.63, 3.8) is 0 Å². The third-order valence-corrected chi connectivity index (χ3v) is 2.77. The first-order valence-corrected chi connectivity index (χ1v) is 5.24. The van der Waals surface area contributed by atoms with Crippen LogP contribution in [0.4, 0.5) is 0 Å². The van der Waals surface area contributed by atoms with Gasteiger partial charge in [-0.25, -0.2) is 0 Å². The van der Waals surface area contributed by atoms with E-state index in [1.165, 1.54) is 0 Å². The number of hydrogen-bond acceptors (Lipinski definition) is 3. The topological polar surface area (TPSA) is 34.1 Å². The summed E-state index contributed by atoms with van der Waals surface area (Å²) in [5.41, 5.74) is 0.575. The molecule has 0 spiro atoms. The second-order valence-electron chi connectivity index (χ2n) is 3.23. The molecular formula is C11H12O2S. The highest BCUT2D eigenvalue weighted by Crippen LogP contribution is 2.16. The van der Waals surface area contributed by atoms with Crippen molar-refractivity contribution >= 4 is 22.0 Å². The fraction of sp³-hybridized carbons (Fsp3) is 0.273. The zero-order chi connectivity index (χ0) is 10.6. The molecule has 1 aromatic carbocycles. The third kappa shape index (κ3) is 3.00. The highest BCUT2D eigenvalue weighted by molar-refractivity contribution is 8.26. The zero-order valence-electron chi connectivity index (χ0n) is 8.19. The van der Waals surface area contributed by atoms with Gasteiger partial charge in [-0.3, -0.25) is 9.59 Å². The van der Waals surface area contributed by atoms with Crippen LogP contribution in [-0.2, 0) is 4.79 Å². The number of benzene rings is 1. The van der Waals surface area contributed by atoms with Crippen molar-refractivity contribution in [1.82, 2.24) is 0 Å². The smallest absolute Gasteiger partial charge is 0.226 e. The van der Waals surface area contributed by atoms with Crippen LogP contribution < -0.4 is 0 Å². The second-order valence-corrected chi connectivity index (χ2v) is 4.21. The van der Waals surface area contributed by atoms with Crippen molar-refractivity contribution in [2.75, 3.05) is 0 Å². The van der Waals surface area contributed by atoms with E-state index in [4.69, 9.17) is 0 Å². The Bertz CT molecular complexity index is 330. The highest BCUT2D eigenvalue weighted by atomic mass is 32.2. The Kier molecular flexibility index (Phi) is 3.89. The number of thioether (sulfide) groups is 1. The molecule has 0 saturated carbocycles. The van der Waals surface area contributed by atoms with Crippen molar-refractivity contribution in [3.8, 4) is 0 Å². The van der Waals surface area contributed by atoms with Crippen LogP contribution in [0.5, 0.6) is 0 Å². The average Bonchev–Trinajstić information content (AvgIpc) is 2.19. The molecule has 0 aliphatic heterocycles. The van der Waals surface area contributed by atoms with Crippen molar-refractivity contribution in [1.29, 1.82) is 0 Å². The molecule has 0 amide bonds. The predicted molar refractivity (Wildman–Crippen MR) is 58.2 cm³/mol. The van der Waals surface area contributed by atoms with Gasteiger partial charge in [-0.05, 0) is 11.8 Å². The van der Waals surface area contributed by atoms with Gasteiger partial charge in [0.25, 0.3) is 0 Å². The van der Waals surface area contributed by atoms with Crippen molar-refractivity contribution in [2.24, 2.45) is 5.92 Å². The van der Waals surface area contributed by atoms with E-state index >= 15 is 0 Å². The maximum absolute atomic E-state index is 11.5. The van der Waals surface area contributed by atoms with Gasteiger partial charge in [0, 0.05) is 11.5 Å². The van der Waals surface area contributed by atoms with E-state index < -0.39 is 0 Å². The first-order valence-electron chi connectivity index (χ1n) is 4.42. The minimum absolute atomic E-state index is 0.0844. The number of rotatable bonds is 2. The number of hydrogen-bond donors (Lipinski definition) is 0. The summed E-state index contributed by atoms with van der Waals surface area (Å²) < 4.78 is 0. The quantitative estimate of drug-likeness (QED) is 0.749. The van der Waals surface area contributed by atoms with E-state index in [9.17, 15) is 9.59 Å². The third-order valence-electron chi connectivity index (χ3n) is 1.67. The minimum atomic E-state index is -0.177. The van der Waals surface area contributed by atoms with Crippen LogP contribution in [0.3, 0.4) is 0 Å². The summed E-state index contributed by atoms with van der Waals surface area (Å²) >= 11 is 0.783. The summed E-state index contributed by atoms with van der Waals surface area (Å²) in [5.74, 6) is -0.104. The summed E-state index contributed by atoms with van der Waals surface area (Å²) in [6, 6.07) is 8.83. The van der Waals surface area contributed by atoms with Crippen LogP contribution >= 0.6 is 11.8 Å². The van der Waals surface area contributed by atoms with Gasteiger partial charge in [0.1, 0.15) is 0 Å². The zero-order valence-corrected chi connectivity index (χ0v) is 9.01. The maximum atomic E-state index is 11.5. The van der Waals surface area contributed by atoms with Gasteiger partial charge in [0.05, 0.1) is 0 Å². The molecule has 1 aromatic rings. The van der Waals surface area contributed by atoms with E-state index in [-0.39, 0.29) is 16.1 Å². The maximum Gasteiger partial charge on any atom is 0.226 e. The molecule has 0 fully saturated rings. The van der Waals surface area contributed by atoms with Gasteiger partial charge in [0.15, 0.2) is 5.12 Å². The summed E-state index contributed by atoms with van der Waals surface area (Å²) in [7, 11) is 0. The molecule has 0 heterocycles. The van der Waals surface area contributed by atoms with Gasteiger partial charge in [-0.15, -0.1) is 0 Å². The normalized spacial score (nSPS) is 10.2. The van der Waals surface area contributed by atoms with Crippen LogP contribution in [0.15, 0.2) is 30.3 Å². The van der Waals surface area contributed by atoms with Crippen LogP contribution in [-0.4, -0.2) is 10.2 Å². The standard InChI is InChI=1S/C11H12O2S/c1-8(2)10(12)14-11(13)9-6-4-3-5-7-9/h3-8H,1-2H3. The Balaban J connectivity index is 2.65. The van der Waals surface area contributed by atoms with Crippen LogP contribution in [0.25, 0.3) is 0 Å². The number of carbonyl (C=O) groups is 2. The minimum Gasteiger partial charge on any atom is -0.286 e. The summed E-state index contributed by atoms with van der Waals surface area (Å²) in [4.78, 5) is 22.8. The molecular weight excluding hydrogens is 196 g/mol. The second kappa shape index (κ2) is 4.96. The molecule has 0 unspecified atom stereocenters. The summed E-state index contributed by atoms with van der Waals surface area (Å²) in [5, 5.41) is -0.261. The predicted octanol–water partition coefficient (Wildman–Crippen LogP) is 2.74. The van der Waals surface area contributed by atoms with E-state index in [2.05, 4.69) is 0 Å². The molecule has 0 aliphatic carbocycles. The van der Waals surface area contributed by atoms with Crippen LogP contribution in [0, 0.1) is 5.92 Å². The molecule has 0 aliphatic rings. The first kappa shape index (κ1) is 11.0. The van der Waals surface area contributed by atoms with Gasteiger partial charge in [-0.1, -0.05) is 44.2 Å². The van der Waals surface area contributed by atoms with Crippen molar-refractivity contribution < 1.29 is 9.59 Å². The molecule has 74 valence electrons. The lowest BCUT2D eigenvalue weighted by Gasteiger charge is -2.01.